The molecule has 2 aromatic carbocycles. The molecule has 6 heteroatoms. The summed E-state index contributed by atoms with van der Waals surface area (Å²) in [6, 6.07) is 6.74. The second-order valence-electron chi connectivity index (χ2n) is 4.89. The molecule has 21 heavy (non-hydrogen) atoms. The molecule has 1 aliphatic rings. The average molecular weight is 294 g/mol. The SMILES string of the molecule is NNC(c1ccc2c(c1)COC2)c1ccc(F)c(F)c1F. The summed E-state index contributed by atoms with van der Waals surface area (Å²) in [4.78, 5) is 0. The molecule has 0 spiro atoms. The monoisotopic (exact) mass is 294 g/mol. The number of hydrazine groups is 1. The maximum absolute atomic E-state index is 13.9. The van der Waals surface area contributed by atoms with Crippen molar-refractivity contribution in [2.75, 3.05) is 0 Å². The number of hydrogen-bond donors (Lipinski definition) is 2. The van der Waals surface area contributed by atoms with Crippen LogP contribution in [0.15, 0.2) is 30.3 Å². The molecule has 0 saturated heterocycles. The number of fused-ring (bicyclic) bond motifs is 1. The summed E-state index contributed by atoms with van der Waals surface area (Å²) in [5, 5.41) is 0. The summed E-state index contributed by atoms with van der Waals surface area (Å²) in [6.45, 7) is 1.01. The highest BCUT2D eigenvalue weighted by Crippen LogP contribution is 2.29. The van der Waals surface area contributed by atoms with Gasteiger partial charge in [-0.25, -0.2) is 18.6 Å². The molecule has 110 valence electrons. The van der Waals surface area contributed by atoms with Crippen molar-refractivity contribution in [1.29, 1.82) is 0 Å². The van der Waals surface area contributed by atoms with E-state index in [4.69, 9.17) is 10.6 Å². The van der Waals surface area contributed by atoms with Gasteiger partial charge in [-0.15, -0.1) is 0 Å². The maximum Gasteiger partial charge on any atom is 0.194 e. The van der Waals surface area contributed by atoms with E-state index in [2.05, 4.69) is 5.43 Å². The minimum Gasteiger partial charge on any atom is -0.372 e. The van der Waals surface area contributed by atoms with E-state index in [0.717, 1.165) is 17.2 Å². The van der Waals surface area contributed by atoms with Crippen LogP contribution in [-0.4, -0.2) is 0 Å². The van der Waals surface area contributed by atoms with Gasteiger partial charge < -0.3 is 4.74 Å². The van der Waals surface area contributed by atoms with Gasteiger partial charge >= 0.3 is 0 Å². The van der Waals surface area contributed by atoms with Crippen LogP contribution in [0.4, 0.5) is 13.2 Å². The number of benzene rings is 2. The van der Waals surface area contributed by atoms with Crippen LogP contribution in [-0.2, 0) is 18.0 Å². The third-order valence-electron chi connectivity index (χ3n) is 3.62. The lowest BCUT2D eigenvalue weighted by Crippen LogP contribution is -2.30. The molecule has 0 amide bonds. The number of hydrogen-bond acceptors (Lipinski definition) is 3. The number of nitrogens with two attached hydrogens (primary N) is 1. The highest BCUT2D eigenvalue weighted by Gasteiger charge is 2.23. The first-order valence-corrected chi connectivity index (χ1v) is 6.40. The average Bonchev–Trinajstić information content (AvgIpc) is 2.95. The van der Waals surface area contributed by atoms with Crippen molar-refractivity contribution in [2.24, 2.45) is 5.84 Å². The summed E-state index contributed by atoms with van der Waals surface area (Å²) in [6.07, 6.45) is 0. The Labute approximate surface area is 119 Å². The Bertz CT molecular complexity index is 691. The van der Waals surface area contributed by atoms with E-state index in [-0.39, 0.29) is 5.56 Å². The van der Waals surface area contributed by atoms with Gasteiger partial charge in [0.15, 0.2) is 17.5 Å². The van der Waals surface area contributed by atoms with E-state index in [9.17, 15) is 13.2 Å². The van der Waals surface area contributed by atoms with Gasteiger partial charge in [0.25, 0.3) is 0 Å². The second-order valence-corrected chi connectivity index (χ2v) is 4.89. The molecule has 2 aromatic rings. The van der Waals surface area contributed by atoms with Crippen LogP contribution in [0.25, 0.3) is 0 Å². The lowest BCUT2D eigenvalue weighted by molar-refractivity contribution is 0.134. The van der Waals surface area contributed by atoms with Crippen molar-refractivity contribution in [1.82, 2.24) is 5.43 Å². The van der Waals surface area contributed by atoms with Gasteiger partial charge in [0.05, 0.1) is 19.3 Å². The van der Waals surface area contributed by atoms with Gasteiger partial charge in [-0.2, -0.15) is 0 Å². The smallest absolute Gasteiger partial charge is 0.194 e. The predicted octanol–water partition coefficient (Wildman–Crippen LogP) is 2.69. The Hall–Kier alpha value is -1.89. The molecular formula is C15H13F3N2O. The highest BCUT2D eigenvalue weighted by molar-refractivity contribution is 5.39. The molecule has 1 unspecified atom stereocenters. The van der Waals surface area contributed by atoms with Crippen molar-refractivity contribution in [3.05, 3.63) is 70.0 Å². The van der Waals surface area contributed by atoms with Crippen LogP contribution in [0.3, 0.4) is 0 Å². The minimum atomic E-state index is -1.50. The van der Waals surface area contributed by atoms with Gasteiger partial charge in [0.1, 0.15) is 0 Å². The van der Waals surface area contributed by atoms with E-state index in [1.54, 1.807) is 6.07 Å². The summed E-state index contributed by atoms with van der Waals surface area (Å²) in [5.41, 5.74) is 5.09. The summed E-state index contributed by atoms with van der Waals surface area (Å²) in [5.74, 6) is 1.50. The zero-order valence-electron chi connectivity index (χ0n) is 11.0. The van der Waals surface area contributed by atoms with Gasteiger partial charge in [-0.1, -0.05) is 24.3 Å². The number of ether oxygens (including phenoxy) is 1. The first-order chi connectivity index (χ1) is 10.1. The molecule has 1 atom stereocenters. The Morgan fingerprint density at radius 3 is 2.52 bits per heavy atom. The van der Waals surface area contributed by atoms with Gasteiger partial charge in [0.2, 0.25) is 0 Å². The van der Waals surface area contributed by atoms with Crippen molar-refractivity contribution in [3.8, 4) is 0 Å². The molecule has 3 rings (SSSR count). The second kappa shape index (κ2) is 5.48. The normalized spacial score (nSPS) is 15.0. The molecule has 1 aliphatic heterocycles. The topological polar surface area (TPSA) is 47.3 Å². The molecule has 3 nitrogen and oxygen atoms in total. The molecule has 1 heterocycles. The van der Waals surface area contributed by atoms with Crippen LogP contribution in [0.1, 0.15) is 28.3 Å². The quantitative estimate of drug-likeness (QED) is 0.520. The van der Waals surface area contributed by atoms with Crippen LogP contribution >= 0.6 is 0 Å². The largest absolute Gasteiger partial charge is 0.372 e. The van der Waals surface area contributed by atoms with Crippen LogP contribution < -0.4 is 11.3 Å². The molecule has 0 bridgehead atoms. The van der Waals surface area contributed by atoms with Gasteiger partial charge in [0, 0.05) is 5.56 Å². The van der Waals surface area contributed by atoms with Crippen molar-refractivity contribution in [2.45, 2.75) is 19.3 Å². The fourth-order valence-corrected chi connectivity index (χ4v) is 2.50. The standard InChI is InChI=1S/C15H13F3N2O/c16-12-4-3-11(13(17)14(12)18)15(20-19)8-1-2-9-6-21-7-10(9)5-8/h1-5,15,20H,6-7,19H2. The van der Waals surface area contributed by atoms with Crippen LogP contribution in [0, 0.1) is 17.5 Å². The van der Waals surface area contributed by atoms with Gasteiger partial charge in [-0.05, 0) is 22.8 Å². The van der Waals surface area contributed by atoms with E-state index in [0.29, 0.717) is 18.8 Å². The molecular weight excluding hydrogens is 281 g/mol. The van der Waals surface area contributed by atoms with Crippen molar-refractivity contribution < 1.29 is 17.9 Å². The van der Waals surface area contributed by atoms with Crippen LogP contribution in [0.2, 0.25) is 0 Å². The zero-order valence-corrected chi connectivity index (χ0v) is 11.0. The maximum atomic E-state index is 13.9. The number of nitrogens with one attached hydrogen (secondary N) is 1. The van der Waals surface area contributed by atoms with Crippen LogP contribution in [0.5, 0.6) is 0 Å². The minimum absolute atomic E-state index is 0.0461. The van der Waals surface area contributed by atoms with E-state index in [1.165, 1.54) is 6.07 Å². The van der Waals surface area contributed by atoms with E-state index in [1.807, 2.05) is 12.1 Å². The van der Waals surface area contributed by atoms with E-state index < -0.39 is 23.5 Å². The molecule has 0 radical (unpaired) electrons. The fourth-order valence-electron chi connectivity index (χ4n) is 2.50. The summed E-state index contributed by atoms with van der Waals surface area (Å²) in [7, 11) is 0. The fraction of sp³-hybridized carbons (Fsp3) is 0.200. The summed E-state index contributed by atoms with van der Waals surface area (Å²) < 4.78 is 45.6. The third-order valence-corrected chi connectivity index (χ3v) is 3.62. The van der Waals surface area contributed by atoms with Crippen molar-refractivity contribution in [3.63, 3.8) is 0 Å². The molecule has 0 saturated carbocycles. The highest BCUT2D eigenvalue weighted by atomic mass is 19.2. The van der Waals surface area contributed by atoms with Gasteiger partial charge in [-0.3, -0.25) is 5.84 Å². The summed E-state index contributed by atoms with van der Waals surface area (Å²) >= 11 is 0. The Kier molecular flexibility index (Phi) is 3.67. The molecule has 0 aromatic heterocycles. The van der Waals surface area contributed by atoms with E-state index >= 15 is 0 Å². The van der Waals surface area contributed by atoms with Crippen molar-refractivity contribution >= 4 is 0 Å². The first-order valence-electron chi connectivity index (χ1n) is 6.40. The Morgan fingerprint density at radius 1 is 1.00 bits per heavy atom. The third kappa shape index (κ3) is 2.42. The first kappa shape index (κ1) is 14.1. The number of halogens is 3. The molecule has 3 N–H and O–H groups in total. The lowest BCUT2D eigenvalue weighted by atomic mass is 9.95. The molecule has 0 fully saturated rings. The zero-order chi connectivity index (χ0) is 15.0. The predicted molar refractivity (Wildman–Crippen MR) is 70.4 cm³/mol. The Morgan fingerprint density at radius 2 is 1.76 bits per heavy atom. The Balaban J connectivity index is 2.05. The number of rotatable bonds is 3. The molecule has 0 aliphatic carbocycles. The lowest BCUT2D eigenvalue weighted by Gasteiger charge is -2.18.